The Hall–Kier alpha value is -1.09. The Morgan fingerprint density at radius 1 is 1.21 bits per heavy atom. The topological polar surface area (TPSA) is 88.6 Å². The van der Waals surface area contributed by atoms with Crippen LogP contribution in [-0.2, 0) is 17.1 Å². The van der Waals surface area contributed by atoms with E-state index >= 15 is 0 Å². The van der Waals surface area contributed by atoms with E-state index in [0.717, 1.165) is 25.7 Å². The lowest BCUT2D eigenvalue weighted by Crippen LogP contribution is -2.43. The summed E-state index contributed by atoms with van der Waals surface area (Å²) in [7, 11) is -1.82. The smallest absolute Gasteiger partial charge is 0.270 e. The molecule has 1 amide bonds. The van der Waals surface area contributed by atoms with Crippen molar-refractivity contribution in [1.82, 2.24) is 13.8 Å². The van der Waals surface area contributed by atoms with Gasteiger partial charge in [-0.25, -0.2) is 8.42 Å². The number of hydrogen-bond donors (Lipinski definition) is 1. The highest BCUT2D eigenvalue weighted by Crippen LogP contribution is 2.26. The Morgan fingerprint density at radius 2 is 1.86 bits per heavy atom. The summed E-state index contributed by atoms with van der Waals surface area (Å²) >= 11 is 0. The normalized spacial score (nSPS) is 23.3. The third-order valence-corrected chi connectivity index (χ3v) is 7.86. The zero-order chi connectivity index (χ0) is 19.8. The highest BCUT2D eigenvalue weighted by Gasteiger charge is 2.32. The average molecular weight is 433 g/mol. The molecular weight excluding hydrogens is 400 g/mol. The molecule has 3 heterocycles. The fourth-order valence-electron chi connectivity index (χ4n) is 4.19. The number of aryl methyl sites for hydroxylation is 1. The molecule has 3 rings (SSSR count). The predicted octanol–water partition coefficient (Wildman–Crippen LogP) is 2.07. The maximum Gasteiger partial charge on any atom is 0.270 e. The Morgan fingerprint density at radius 3 is 2.43 bits per heavy atom. The molecule has 0 aliphatic carbocycles. The average Bonchev–Trinajstić information content (AvgIpc) is 3.03. The third-order valence-electron chi connectivity index (χ3n) is 6.03. The molecule has 0 bridgehead atoms. The highest BCUT2D eigenvalue weighted by atomic mass is 35.5. The van der Waals surface area contributed by atoms with Crippen LogP contribution in [0.5, 0.6) is 0 Å². The number of aromatic nitrogens is 1. The van der Waals surface area contributed by atoms with Gasteiger partial charge >= 0.3 is 0 Å². The van der Waals surface area contributed by atoms with Crippen LogP contribution in [0.25, 0.3) is 0 Å². The number of rotatable bonds is 4. The van der Waals surface area contributed by atoms with Crippen LogP contribution in [-0.4, -0.2) is 60.3 Å². The summed E-state index contributed by atoms with van der Waals surface area (Å²) in [6.07, 6.45) is 5.29. The first kappa shape index (κ1) is 23.2. The van der Waals surface area contributed by atoms with Crippen molar-refractivity contribution in [3.05, 3.63) is 18.0 Å². The molecule has 2 fully saturated rings. The molecular formula is C19H33ClN4O3S. The van der Waals surface area contributed by atoms with Gasteiger partial charge in [-0.15, -0.1) is 12.4 Å². The van der Waals surface area contributed by atoms with E-state index in [-0.39, 0.29) is 29.3 Å². The van der Waals surface area contributed by atoms with Gasteiger partial charge in [-0.3, -0.25) is 4.79 Å². The number of amides is 1. The fourth-order valence-corrected chi connectivity index (χ4v) is 5.86. The molecule has 2 aliphatic heterocycles. The van der Waals surface area contributed by atoms with E-state index in [1.165, 1.54) is 6.07 Å². The monoisotopic (exact) mass is 432 g/mol. The molecule has 160 valence electrons. The van der Waals surface area contributed by atoms with Crippen molar-refractivity contribution in [1.29, 1.82) is 0 Å². The van der Waals surface area contributed by atoms with Gasteiger partial charge in [0, 0.05) is 45.5 Å². The summed E-state index contributed by atoms with van der Waals surface area (Å²) in [5, 5.41) is 0. The highest BCUT2D eigenvalue weighted by molar-refractivity contribution is 7.89. The van der Waals surface area contributed by atoms with Crippen molar-refractivity contribution >= 4 is 28.3 Å². The molecule has 0 saturated carbocycles. The maximum atomic E-state index is 13.0. The molecule has 2 aliphatic rings. The van der Waals surface area contributed by atoms with Crippen molar-refractivity contribution in [2.24, 2.45) is 24.6 Å². The number of carbonyl (C=O) groups is 1. The van der Waals surface area contributed by atoms with Gasteiger partial charge in [0.2, 0.25) is 10.0 Å². The number of likely N-dealkylation sites (tertiary alicyclic amines) is 1. The van der Waals surface area contributed by atoms with E-state index in [4.69, 9.17) is 5.73 Å². The van der Waals surface area contributed by atoms with Crippen molar-refractivity contribution in [3.63, 3.8) is 0 Å². The number of sulfonamides is 1. The van der Waals surface area contributed by atoms with Gasteiger partial charge in [0.15, 0.2) is 0 Å². The minimum atomic E-state index is -3.56. The van der Waals surface area contributed by atoms with E-state index in [1.54, 1.807) is 22.1 Å². The summed E-state index contributed by atoms with van der Waals surface area (Å²) < 4.78 is 29.2. The van der Waals surface area contributed by atoms with Crippen LogP contribution in [0, 0.1) is 11.8 Å². The van der Waals surface area contributed by atoms with Gasteiger partial charge < -0.3 is 15.2 Å². The number of piperidine rings is 2. The van der Waals surface area contributed by atoms with Crippen molar-refractivity contribution in [3.8, 4) is 0 Å². The van der Waals surface area contributed by atoms with E-state index in [9.17, 15) is 13.2 Å². The zero-order valence-electron chi connectivity index (χ0n) is 17.0. The van der Waals surface area contributed by atoms with Crippen LogP contribution in [0.15, 0.2) is 17.2 Å². The Balaban J connectivity index is 0.00000280. The molecule has 28 heavy (non-hydrogen) atoms. The summed E-state index contributed by atoms with van der Waals surface area (Å²) in [4.78, 5) is 15.0. The van der Waals surface area contributed by atoms with Crippen LogP contribution in [0.1, 0.15) is 50.0 Å². The van der Waals surface area contributed by atoms with Crippen molar-refractivity contribution in [2.75, 3.05) is 26.2 Å². The predicted molar refractivity (Wildman–Crippen MR) is 112 cm³/mol. The van der Waals surface area contributed by atoms with Gasteiger partial charge in [-0.05, 0) is 50.5 Å². The Labute approximate surface area is 174 Å². The second-order valence-corrected chi connectivity index (χ2v) is 10.2. The van der Waals surface area contributed by atoms with E-state index in [0.29, 0.717) is 43.7 Å². The molecule has 0 aromatic carbocycles. The molecule has 0 spiro atoms. The molecule has 2 atom stereocenters. The molecule has 0 radical (unpaired) electrons. The number of carbonyl (C=O) groups excluding carboxylic acids is 1. The first-order chi connectivity index (χ1) is 12.7. The molecule has 1 aromatic rings. The number of halogens is 1. The lowest BCUT2D eigenvalue weighted by molar-refractivity contribution is 0.0671. The Bertz CT molecular complexity index is 785. The SMILES string of the molecule is CC1CCCN(S(=O)(=O)c2cc(C(=O)N3CCC(C(C)N)CC3)n(C)c2)C1.Cl. The van der Waals surface area contributed by atoms with Crippen LogP contribution in [0.4, 0.5) is 0 Å². The van der Waals surface area contributed by atoms with Crippen LogP contribution >= 0.6 is 12.4 Å². The van der Waals surface area contributed by atoms with Gasteiger partial charge in [-0.1, -0.05) is 6.92 Å². The first-order valence-electron chi connectivity index (χ1n) is 9.91. The largest absolute Gasteiger partial charge is 0.345 e. The van der Waals surface area contributed by atoms with Crippen LogP contribution in [0.3, 0.4) is 0 Å². The van der Waals surface area contributed by atoms with Crippen LogP contribution in [0.2, 0.25) is 0 Å². The summed E-state index contributed by atoms with van der Waals surface area (Å²) in [6.45, 7) is 6.52. The molecule has 2 unspecified atom stereocenters. The fraction of sp³-hybridized carbons (Fsp3) is 0.737. The number of nitrogens with zero attached hydrogens (tertiary/aromatic N) is 3. The standard InChI is InChI=1S/C19H32N4O3S.ClH/c1-14-5-4-8-23(12-14)27(25,26)17-11-18(21(3)13-17)19(24)22-9-6-16(7-10-22)15(2)20;/h11,13-16H,4-10,12,20H2,1-3H3;1H. The van der Waals surface area contributed by atoms with Crippen LogP contribution < -0.4 is 5.73 Å². The second kappa shape index (κ2) is 9.15. The summed E-state index contributed by atoms with van der Waals surface area (Å²) in [5.74, 6) is 0.707. The van der Waals surface area contributed by atoms with E-state index in [2.05, 4.69) is 6.92 Å². The lowest BCUT2D eigenvalue weighted by Gasteiger charge is -2.33. The summed E-state index contributed by atoms with van der Waals surface area (Å²) in [5.41, 5.74) is 6.41. The molecule has 1 aromatic heterocycles. The lowest BCUT2D eigenvalue weighted by atomic mass is 9.91. The minimum Gasteiger partial charge on any atom is -0.345 e. The first-order valence-corrected chi connectivity index (χ1v) is 11.4. The number of hydrogen-bond acceptors (Lipinski definition) is 4. The Kier molecular flexibility index (Phi) is 7.58. The quantitative estimate of drug-likeness (QED) is 0.788. The van der Waals surface area contributed by atoms with Crippen molar-refractivity contribution < 1.29 is 13.2 Å². The van der Waals surface area contributed by atoms with Gasteiger partial charge in [0.05, 0.1) is 0 Å². The molecule has 7 nitrogen and oxygen atoms in total. The molecule has 9 heteroatoms. The van der Waals surface area contributed by atoms with Gasteiger partial charge in [-0.2, -0.15) is 4.31 Å². The number of nitrogens with two attached hydrogens (primary N) is 1. The molecule has 2 N–H and O–H groups in total. The van der Waals surface area contributed by atoms with Gasteiger partial charge in [0.25, 0.3) is 5.91 Å². The van der Waals surface area contributed by atoms with Gasteiger partial charge in [0.1, 0.15) is 10.6 Å². The summed E-state index contributed by atoms with van der Waals surface area (Å²) in [6, 6.07) is 1.68. The zero-order valence-corrected chi connectivity index (χ0v) is 18.6. The van der Waals surface area contributed by atoms with E-state index < -0.39 is 10.0 Å². The minimum absolute atomic E-state index is 0. The third kappa shape index (κ3) is 4.72. The van der Waals surface area contributed by atoms with Crippen molar-refractivity contribution in [2.45, 2.75) is 50.5 Å². The van der Waals surface area contributed by atoms with E-state index in [1.807, 2.05) is 11.8 Å². The second-order valence-electron chi connectivity index (χ2n) is 8.27. The maximum absolute atomic E-state index is 13.0. The molecule has 2 saturated heterocycles.